The molecule has 2 atom stereocenters. The van der Waals surface area contributed by atoms with Crippen molar-refractivity contribution in [2.75, 3.05) is 33.2 Å². The second kappa shape index (κ2) is 11.6. The largest absolute Gasteiger partial charge is 0.457 e. The summed E-state index contributed by atoms with van der Waals surface area (Å²) in [6.07, 6.45) is 4.37. The second-order valence-electron chi connectivity index (χ2n) is 9.28. The highest BCUT2D eigenvalue weighted by Crippen LogP contribution is 2.27. The summed E-state index contributed by atoms with van der Waals surface area (Å²) < 4.78 is 5.98. The van der Waals surface area contributed by atoms with Crippen molar-refractivity contribution in [2.24, 2.45) is 0 Å². The highest BCUT2D eigenvalue weighted by atomic mass is 16.5. The molecule has 4 rings (SSSR count). The van der Waals surface area contributed by atoms with Gasteiger partial charge in [0, 0.05) is 32.2 Å². The molecule has 178 valence electrons. The van der Waals surface area contributed by atoms with Crippen molar-refractivity contribution in [1.29, 1.82) is 0 Å². The number of hydrogen-bond acceptors (Lipinski definition) is 5. The molecular weight excluding hydrogens is 412 g/mol. The molecule has 0 spiro atoms. The lowest BCUT2D eigenvalue weighted by Crippen LogP contribution is -2.51. The van der Waals surface area contributed by atoms with Crippen molar-refractivity contribution in [3.8, 4) is 11.5 Å². The third-order valence-corrected chi connectivity index (χ3v) is 6.93. The number of benzene rings is 2. The first-order chi connectivity index (χ1) is 16.2. The fourth-order valence-corrected chi connectivity index (χ4v) is 5.23. The molecule has 2 aromatic carbocycles. The van der Waals surface area contributed by atoms with Gasteiger partial charge in [-0.3, -0.25) is 9.69 Å². The highest BCUT2D eigenvalue weighted by molar-refractivity contribution is 5.82. The molecule has 2 N–H and O–H groups in total. The molecule has 0 bridgehead atoms. The average Bonchev–Trinajstić information content (AvgIpc) is 3.28. The Morgan fingerprint density at radius 2 is 1.82 bits per heavy atom. The number of carbonyl (C=O) groups is 1. The number of rotatable bonds is 9. The van der Waals surface area contributed by atoms with Crippen molar-refractivity contribution in [2.45, 2.75) is 57.3 Å². The number of nitrogens with zero attached hydrogens (tertiary/aromatic N) is 2. The summed E-state index contributed by atoms with van der Waals surface area (Å²) in [6, 6.07) is 18.9. The molecule has 6 heteroatoms. The number of piperidine rings is 1. The Balaban J connectivity index is 1.34. The van der Waals surface area contributed by atoms with Crippen LogP contribution < -0.4 is 15.4 Å². The van der Waals surface area contributed by atoms with Gasteiger partial charge in [-0.05, 0) is 75.1 Å². The molecule has 6 nitrogen and oxygen atoms in total. The summed E-state index contributed by atoms with van der Waals surface area (Å²) in [5.41, 5.74) is 1.19. The van der Waals surface area contributed by atoms with E-state index in [0.29, 0.717) is 12.1 Å². The van der Waals surface area contributed by atoms with Crippen LogP contribution in [0.15, 0.2) is 54.6 Å². The lowest BCUT2D eigenvalue weighted by atomic mass is 10.0. The van der Waals surface area contributed by atoms with Crippen LogP contribution in [0.25, 0.3) is 0 Å². The third-order valence-electron chi connectivity index (χ3n) is 6.93. The van der Waals surface area contributed by atoms with Crippen LogP contribution in [0.1, 0.15) is 38.2 Å². The number of likely N-dealkylation sites (N-methyl/N-ethyl adjacent to an activating group) is 1. The maximum absolute atomic E-state index is 12.7. The molecule has 2 aromatic rings. The minimum Gasteiger partial charge on any atom is -0.457 e. The van der Waals surface area contributed by atoms with Crippen molar-refractivity contribution in [1.82, 2.24) is 20.4 Å². The smallest absolute Gasteiger partial charge is 0.237 e. The number of amides is 1. The maximum atomic E-state index is 12.7. The average molecular weight is 451 g/mol. The zero-order valence-corrected chi connectivity index (χ0v) is 20.0. The Kier molecular flexibility index (Phi) is 8.37. The molecule has 0 aromatic heterocycles. The Bertz CT molecular complexity index is 883. The first-order valence-electron chi connectivity index (χ1n) is 12.4. The van der Waals surface area contributed by atoms with E-state index in [1.54, 1.807) is 7.05 Å². The predicted molar refractivity (Wildman–Crippen MR) is 133 cm³/mol. The predicted octanol–water partition coefficient (Wildman–Crippen LogP) is 3.63. The number of nitrogens with one attached hydrogen (secondary N) is 2. The standard InChI is InChI=1S/C27H38N4O2/c1-3-14-30-15-12-23(13-16-30)31-20-22(18-26(31)27(32)28-2)29-19-21-8-7-11-25(17-21)33-24-9-5-4-6-10-24/h4-11,17,22-23,26,29H,3,12-16,18-20H2,1-2H3,(H,28,32)/t22-,26+/m1/s1. The molecule has 0 saturated carbocycles. The van der Waals surface area contributed by atoms with Crippen LogP contribution in [0.4, 0.5) is 0 Å². The van der Waals surface area contributed by atoms with Crippen molar-refractivity contribution < 1.29 is 9.53 Å². The van der Waals surface area contributed by atoms with Gasteiger partial charge in [-0.25, -0.2) is 0 Å². The maximum Gasteiger partial charge on any atom is 0.237 e. The summed E-state index contributed by atoms with van der Waals surface area (Å²) >= 11 is 0. The van der Waals surface area contributed by atoms with Gasteiger partial charge in [-0.15, -0.1) is 0 Å². The fraction of sp³-hybridized carbons (Fsp3) is 0.519. The lowest BCUT2D eigenvalue weighted by molar-refractivity contribution is -0.126. The van der Waals surface area contributed by atoms with Crippen LogP contribution in [0.5, 0.6) is 11.5 Å². The highest BCUT2D eigenvalue weighted by Gasteiger charge is 2.40. The van der Waals surface area contributed by atoms with Gasteiger partial charge in [-0.2, -0.15) is 0 Å². The van der Waals surface area contributed by atoms with Crippen LogP contribution in [0, 0.1) is 0 Å². The minimum absolute atomic E-state index is 0.0389. The van der Waals surface area contributed by atoms with Crippen molar-refractivity contribution in [3.05, 3.63) is 60.2 Å². The molecule has 0 aliphatic carbocycles. The van der Waals surface area contributed by atoms with Crippen LogP contribution in [-0.2, 0) is 11.3 Å². The Hall–Kier alpha value is -2.41. The first kappa shape index (κ1) is 23.7. The van der Waals surface area contributed by atoms with E-state index in [0.717, 1.165) is 56.9 Å². The number of carbonyl (C=O) groups excluding carboxylic acids is 1. The van der Waals surface area contributed by atoms with Crippen LogP contribution in [0.3, 0.4) is 0 Å². The van der Waals surface area contributed by atoms with E-state index in [1.807, 2.05) is 42.5 Å². The topological polar surface area (TPSA) is 56.8 Å². The van der Waals surface area contributed by atoms with Gasteiger partial charge in [-0.1, -0.05) is 37.3 Å². The van der Waals surface area contributed by atoms with Gasteiger partial charge >= 0.3 is 0 Å². The van der Waals surface area contributed by atoms with E-state index in [2.05, 4.69) is 39.5 Å². The summed E-state index contributed by atoms with van der Waals surface area (Å²) in [6.45, 7) is 7.40. The Morgan fingerprint density at radius 3 is 2.55 bits per heavy atom. The normalized spacial score (nSPS) is 22.4. The first-order valence-corrected chi connectivity index (χ1v) is 12.4. The van der Waals surface area contributed by atoms with Gasteiger partial charge in [0.2, 0.25) is 5.91 Å². The molecule has 0 radical (unpaired) electrons. The lowest BCUT2D eigenvalue weighted by Gasteiger charge is -2.38. The minimum atomic E-state index is -0.0389. The van der Waals surface area contributed by atoms with Crippen molar-refractivity contribution in [3.63, 3.8) is 0 Å². The van der Waals surface area contributed by atoms with Crippen LogP contribution >= 0.6 is 0 Å². The molecule has 2 fully saturated rings. The zero-order chi connectivity index (χ0) is 23.0. The second-order valence-corrected chi connectivity index (χ2v) is 9.28. The van der Waals surface area contributed by atoms with Gasteiger partial charge in [0.05, 0.1) is 6.04 Å². The number of ether oxygens (including phenoxy) is 1. The van der Waals surface area contributed by atoms with Gasteiger partial charge in [0.1, 0.15) is 11.5 Å². The molecule has 2 saturated heterocycles. The molecule has 2 heterocycles. The molecule has 0 unspecified atom stereocenters. The Morgan fingerprint density at radius 1 is 1.06 bits per heavy atom. The summed E-state index contributed by atoms with van der Waals surface area (Å²) in [4.78, 5) is 17.7. The number of likely N-dealkylation sites (tertiary alicyclic amines) is 2. The van der Waals surface area contributed by atoms with E-state index in [1.165, 1.54) is 18.5 Å². The van der Waals surface area contributed by atoms with E-state index >= 15 is 0 Å². The quantitative estimate of drug-likeness (QED) is 0.611. The molecule has 1 amide bonds. The van der Waals surface area contributed by atoms with E-state index in [9.17, 15) is 4.79 Å². The molecule has 2 aliphatic rings. The van der Waals surface area contributed by atoms with Crippen LogP contribution in [0.2, 0.25) is 0 Å². The monoisotopic (exact) mass is 450 g/mol. The molecule has 33 heavy (non-hydrogen) atoms. The summed E-state index contributed by atoms with van der Waals surface area (Å²) in [7, 11) is 1.75. The van der Waals surface area contributed by atoms with Gasteiger partial charge in [0.15, 0.2) is 0 Å². The molecule has 2 aliphatic heterocycles. The van der Waals surface area contributed by atoms with Crippen molar-refractivity contribution >= 4 is 5.91 Å². The SMILES string of the molecule is CCCN1CCC(N2C[C@H](NCc3cccc(Oc4ccccc4)c3)C[C@H]2C(=O)NC)CC1. The molecular formula is C27H38N4O2. The number of hydrogen-bond donors (Lipinski definition) is 2. The van der Waals surface area contributed by atoms with E-state index in [4.69, 9.17) is 4.74 Å². The van der Waals surface area contributed by atoms with E-state index < -0.39 is 0 Å². The third kappa shape index (κ3) is 6.34. The van der Waals surface area contributed by atoms with E-state index in [-0.39, 0.29) is 11.9 Å². The van der Waals surface area contributed by atoms with Gasteiger partial charge < -0.3 is 20.3 Å². The van der Waals surface area contributed by atoms with Gasteiger partial charge in [0.25, 0.3) is 0 Å². The zero-order valence-electron chi connectivity index (χ0n) is 20.0. The summed E-state index contributed by atoms with van der Waals surface area (Å²) in [5, 5.41) is 6.60. The number of para-hydroxylation sites is 1. The fourth-order valence-electron chi connectivity index (χ4n) is 5.23. The Labute approximate surface area is 198 Å². The van der Waals surface area contributed by atoms with Crippen LogP contribution in [-0.4, -0.2) is 67.1 Å². The summed E-state index contributed by atoms with van der Waals surface area (Å²) in [5.74, 6) is 1.83.